The molecule has 3 aromatic rings. The normalized spacial score (nSPS) is 10.8. The molecule has 2 aromatic carbocycles. The number of amides is 1. The molecule has 0 radical (unpaired) electrons. The first-order valence-corrected chi connectivity index (χ1v) is 7.59. The van der Waals surface area contributed by atoms with E-state index in [9.17, 15) is 14.0 Å². The molecule has 24 heavy (non-hydrogen) atoms. The molecule has 0 bridgehead atoms. The summed E-state index contributed by atoms with van der Waals surface area (Å²) in [6.07, 6.45) is 2.24. The van der Waals surface area contributed by atoms with Gasteiger partial charge in [-0.1, -0.05) is 18.2 Å². The van der Waals surface area contributed by atoms with Gasteiger partial charge in [0.2, 0.25) is 5.91 Å². The Hall–Kier alpha value is -2.95. The largest absolute Gasteiger partial charge is 0.337 e. The van der Waals surface area contributed by atoms with Crippen molar-refractivity contribution in [2.24, 2.45) is 0 Å². The number of rotatable bonds is 4. The molecule has 1 heterocycles. The topological polar surface area (TPSA) is 51.1 Å². The number of halogens is 1. The number of aldehydes is 1. The predicted molar refractivity (Wildman–Crippen MR) is 91.8 cm³/mol. The number of aromatic nitrogens is 1. The zero-order chi connectivity index (χ0) is 17.3. The lowest BCUT2D eigenvalue weighted by molar-refractivity contribution is -0.116. The number of carbonyl (C=O) groups excluding carboxylic acids is 2. The van der Waals surface area contributed by atoms with Crippen LogP contribution in [0.5, 0.6) is 0 Å². The van der Waals surface area contributed by atoms with E-state index >= 15 is 0 Å². The molecule has 122 valence electrons. The second-order valence-electron chi connectivity index (χ2n) is 5.81. The summed E-state index contributed by atoms with van der Waals surface area (Å²) in [6.45, 7) is 3.91. The summed E-state index contributed by atoms with van der Waals surface area (Å²) in [5.74, 6) is -0.616. The average molecular weight is 324 g/mol. The van der Waals surface area contributed by atoms with Crippen molar-refractivity contribution in [2.45, 2.75) is 20.4 Å². The summed E-state index contributed by atoms with van der Waals surface area (Å²) < 4.78 is 15.1. The quantitative estimate of drug-likeness (QED) is 0.741. The Balaban J connectivity index is 1.90. The lowest BCUT2D eigenvalue weighted by Crippen LogP contribution is -2.19. The minimum absolute atomic E-state index is 0.0454. The molecule has 0 aliphatic rings. The smallest absolute Gasteiger partial charge is 0.244 e. The van der Waals surface area contributed by atoms with Crippen LogP contribution in [0.3, 0.4) is 0 Å². The molecule has 0 saturated heterocycles. The van der Waals surface area contributed by atoms with Gasteiger partial charge in [0.1, 0.15) is 12.4 Å². The number of hydrogen-bond donors (Lipinski definition) is 1. The minimum Gasteiger partial charge on any atom is -0.337 e. The molecule has 4 nitrogen and oxygen atoms in total. The van der Waals surface area contributed by atoms with E-state index in [1.807, 2.05) is 32.0 Å². The monoisotopic (exact) mass is 324 g/mol. The number of hydrogen-bond acceptors (Lipinski definition) is 2. The van der Waals surface area contributed by atoms with Crippen LogP contribution in [0.15, 0.2) is 42.6 Å². The number of anilines is 1. The summed E-state index contributed by atoms with van der Waals surface area (Å²) in [7, 11) is 0. The van der Waals surface area contributed by atoms with Crippen molar-refractivity contribution in [3.63, 3.8) is 0 Å². The second kappa shape index (κ2) is 6.28. The van der Waals surface area contributed by atoms with E-state index in [-0.39, 0.29) is 12.5 Å². The van der Waals surface area contributed by atoms with Crippen LogP contribution < -0.4 is 5.32 Å². The Morgan fingerprint density at radius 3 is 2.58 bits per heavy atom. The van der Waals surface area contributed by atoms with Gasteiger partial charge in [0.15, 0.2) is 6.29 Å². The minimum atomic E-state index is -0.414. The number of aryl methyl sites for hydroxylation is 2. The number of benzene rings is 2. The van der Waals surface area contributed by atoms with E-state index in [0.717, 1.165) is 16.8 Å². The number of para-hydroxylation sites is 1. The maximum atomic E-state index is 13.4. The van der Waals surface area contributed by atoms with Crippen LogP contribution in [-0.4, -0.2) is 16.8 Å². The molecule has 0 aliphatic heterocycles. The summed E-state index contributed by atoms with van der Waals surface area (Å²) in [4.78, 5) is 23.6. The number of carbonyl (C=O) groups is 2. The molecular weight excluding hydrogens is 307 g/mol. The van der Waals surface area contributed by atoms with Crippen LogP contribution in [0.1, 0.15) is 21.5 Å². The maximum Gasteiger partial charge on any atom is 0.244 e. The average Bonchev–Trinajstić information content (AvgIpc) is 2.88. The van der Waals surface area contributed by atoms with E-state index in [4.69, 9.17) is 0 Å². The third kappa shape index (κ3) is 2.93. The predicted octanol–water partition coefficient (Wildman–Crippen LogP) is 3.85. The van der Waals surface area contributed by atoms with Crippen molar-refractivity contribution in [3.8, 4) is 0 Å². The zero-order valence-corrected chi connectivity index (χ0v) is 13.5. The first-order chi connectivity index (χ1) is 11.5. The zero-order valence-electron chi connectivity index (χ0n) is 13.5. The lowest BCUT2D eigenvalue weighted by Gasteiger charge is -2.12. The highest BCUT2D eigenvalue weighted by atomic mass is 19.1. The second-order valence-corrected chi connectivity index (χ2v) is 5.81. The van der Waals surface area contributed by atoms with Gasteiger partial charge in [-0.25, -0.2) is 4.39 Å². The van der Waals surface area contributed by atoms with Gasteiger partial charge in [-0.15, -0.1) is 0 Å². The van der Waals surface area contributed by atoms with E-state index in [1.165, 1.54) is 12.1 Å². The molecule has 0 spiro atoms. The molecule has 1 amide bonds. The molecule has 0 atom stereocenters. The van der Waals surface area contributed by atoms with Gasteiger partial charge >= 0.3 is 0 Å². The van der Waals surface area contributed by atoms with Gasteiger partial charge in [-0.2, -0.15) is 0 Å². The molecule has 1 aromatic heterocycles. The third-order valence-electron chi connectivity index (χ3n) is 4.06. The molecule has 3 rings (SSSR count). The Labute approximate surface area is 138 Å². The van der Waals surface area contributed by atoms with Crippen molar-refractivity contribution in [1.82, 2.24) is 4.57 Å². The van der Waals surface area contributed by atoms with Crippen molar-refractivity contribution < 1.29 is 14.0 Å². The summed E-state index contributed by atoms with van der Waals surface area (Å²) >= 11 is 0. The fraction of sp³-hybridized carbons (Fsp3) is 0.158. The van der Waals surface area contributed by atoms with E-state index < -0.39 is 5.82 Å². The van der Waals surface area contributed by atoms with E-state index in [1.54, 1.807) is 16.8 Å². The van der Waals surface area contributed by atoms with Gasteiger partial charge in [0.25, 0.3) is 0 Å². The summed E-state index contributed by atoms with van der Waals surface area (Å²) in [5, 5.41) is 3.41. The van der Waals surface area contributed by atoms with Crippen LogP contribution in [0.2, 0.25) is 0 Å². The third-order valence-corrected chi connectivity index (χ3v) is 4.06. The number of fused-ring (bicyclic) bond motifs is 1. The van der Waals surface area contributed by atoms with Crippen LogP contribution in [0.25, 0.3) is 10.9 Å². The van der Waals surface area contributed by atoms with Gasteiger partial charge in [-0.3, -0.25) is 9.59 Å². The highest BCUT2D eigenvalue weighted by Gasteiger charge is 2.13. The van der Waals surface area contributed by atoms with E-state index in [2.05, 4.69) is 5.32 Å². The summed E-state index contributed by atoms with van der Waals surface area (Å²) in [6, 6.07) is 9.99. The van der Waals surface area contributed by atoms with Gasteiger partial charge in [0.05, 0.1) is 0 Å². The van der Waals surface area contributed by atoms with Gasteiger partial charge in [0, 0.05) is 28.4 Å². The van der Waals surface area contributed by atoms with Crippen LogP contribution in [0, 0.1) is 19.7 Å². The number of nitrogens with zero attached hydrogens (tertiary/aromatic N) is 1. The fourth-order valence-electron chi connectivity index (χ4n) is 2.87. The van der Waals surface area contributed by atoms with Gasteiger partial charge < -0.3 is 9.88 Å². The molecule has 0 saturated carbocycles. The Morgan fingerprint density at radius 1 is 1.21 bits per heavy atom. The molecule has 0 aliphatic carbocycles. The first-order valence-electron chi connectivity index (χ1n) is 7.59. The lowest BCUT2D eigenvalue weighted by atomic mass is 10.1. The maximum absolute atomic E-state index is 13.4. The standard InChI is InChI=1S/C19H17FN2O2/c1-12-4-3-5-13(2)19(12)21-18(24)10-22-9-14(11-23)16-8-15(20)6-7-17(16)22/h3-9,11H,10H2,1-2H3,(H,21,24). The van der Waals surface area contributed by atoms with Crippen molar-refractivity contribution >= 4 is 28.8 Å². The highest BCUT2D eigenvalue weighted by Crippen LogP contribution is 2.23. The van der Waals surface area contributed by atoms with Crippen LogP contribution >= 0.6 is 0 Å². The summed E-state index contributed by atoms with van der Waals surface area (Å²) in [5.41, 5.74) is 3.77. The van der Waals surface area contributed by atoms with Crippen molar-refractivity contribution in [3.05, 3.63) is 65.1 Å². The highest BCUT2D eigenvalue weighted by molar-refractivity contribution is 5.99. The van der Waals surface area contributed by atoms with Crippen LogP contribution in [0.4, 0.5) is 10.1 Å². The van der Waals surface area contributed by atoms with Crippen molar-refractivity contribution in [2.75, 3.05) is 5.32 Å². The van der Waals surface area contributed by atoms with Gasteiger partial charge in [-0.05, 0) is 43.2 Å². The Bertz CT molecular complexity index is 924. The Morgan fingerprint density at radius 2 is 1.92 bits per heavy atom. The first kappa shape index (κ1) is 15.9. The molecule has 1 N–H and O–H groups in total. The van der Waals surface area contributed by atoms with Crippen molar-refractivity contribution in [1.29, 1.82) is 0 Å². The molecule has 0 fully saturated rings. The fourth-order valence-corrected chi connectivity index (χ4v) is 2.87. The Kier molecular flexibility index (Phi) is 4.16. The van der Waals surface area contributed by atoms with Crippen LogP contribution in [-0.2, 0) is 11.3 Å². The molecule has 5 heteroatoms. The SMILES string of the molecule is Cc1cccc(C)c1NC(=O)Cn1cc(C=O)c2cc(F)ccc21. The molecule has 0 unspecified atom stereocenters. The van der Waals surface area contributed by atoms with E-state index in [0.29, 0.717) is 22.8 Å². The molecular formula is C19H17FN2O2. The number of nitrogens with one attached hydrogen (secondary N) is 1.